The number of aryl methyl sites for hydroxylation is 1. The van der Waals surface area contributed by atoms with Gasteiger partial charge in [-0.3, -0.25) is 10.1 Å². The van der Waals surface area contributed by atoms with Crippen molar-refractivity contribution in [3.8, 4) is 34.0 Å². The second-order valence-electron chi connectivity index (χ2n) is 4.67. The molecule has 0 fully saturated rings. The third-order valence-electron chi connectivity index (χ3n) is 3.33. The zero-order valence-corrected chi connectivity index (χ0v) is 11.8. The van der Waals surface area contributed by atoms with Gasteiger partial charge in [-0.2, -0.15) is 5.10 Å². The van der Waals surface area contributed by atoms with E-state index in [2.05, 4.69) is 15.2 Å². The maximum Gasteiger partial charge on any atom is 0.128 e. The van der Waals surface area contributed by atoms with Crippen molar-refractivity contribution in [1.82, 2.24) is 15.2 Å². The SMILES string of the molecule is COc1ccc(-c2n[nH]c(C)c2-c2ccccn2)c(O)c1. The third-order valence-corrected chi connectivity index (χ3v) is 3.33. The summed E-state index contributed by atoms with van der Waals surface area (Å²) in [5, 5.41) is 17.5. The second kappa shape index (κ2) is 5.28. The average Bonchev–Trinajstić information content (AvgIpc) is 2.89. The number of nitrogens with one attached hydrogen (secondary N) is 1. The molecule has 2 heterocycles. The van der Waals surface area contributed by atoms with E-state index in [9.17, 15) is 5.11 Å². The van der Waals surface area contributed by atoms with Gasteiger partial charge < -0.3 is 9.84 Å². The summed E-state index contributed by atoms with van der Waals surface area (Å²) in [6.45, 7) is 1.93. The number of methoxy groups -OCH3 is 1. The van der Waals surface area contributed by atoms with Gasteiger partial charge >= 0.3 is 0 Å². The lowest BCUT2D eigenvalue weighted by molar-refractivity contribution is 0.408. The van der Waals surface area contributed by atoms with Gasteiger partial charge in [0, 0.05) is 29.1 Å². The summed E-state index contributed by atoms with van der Waals surface area (Å²) in [6, 6.07) is 10.9. The van der Waals surface area contributed by atoms with Crippen LogP contribution in [-0.4, -0.2) is 27.4 Å². The Morgan fingerprint density at radius 2 is 2.05 bits per heavy atom. The Kier molecular flexibility index (Phi) is 3.31. The number of nitrogens with zero attached hydrogens (tertiary/aromatic N) is 2. The molecule has 0 atom stereocenters. The van der Waals surface area contributed by atoms with E-state index >= 15 is 0 Å². The zero-order valence-electron chi connectivity index (χ0n) is 11.8. The number of ether oxygens (including phenoxy) is 1. The van der Waals surface area contributed by atoms with Crippen LogP contribution in [0.25, 0.3) is 22.5 Å². The highest BCUT2D eigenvalue weighted by Gasteiger charge is 2.18. The van der Waals surface area contributed by atoms with Crippen LogP contribution < -0.4 is 4.74 Å². The highest BCUT2D eigenvalue weighted by molar-refractivity contribution is 5.83. The van der Waals surface area contributed by atoms with Gasteiger partial charge in [-0.25, -0.2) is 0 Å². The Morgan fingerprint density at radius 1 is 1.19 bits per heavy atom. The Hall–Kier alpha value is -2.82. The molecule has 0 saturated heterocycles. The normalized spacial score (nSPS) is 10.6. The van der Waals surface area contributed by atoms with Gasteiger partial charge in [-0.05, 0) is 31.2 Å². The lowest BCUT2D eigenvalue weighted by atomic mass is 10.0. The molecule has 3 aromatic rings. The van der Waals surface area contributed by atoms with E-state index in [1.165, 1.54) is 0 Å². The van der Waals surface area contributed by atoms with Crippen LogP contribution >= 0.6 is 0 Å². The molecular weight excluding hydrogens is 266 g/mol. The number of rotatable bonds is 3. The molecule has 0 bridgehead atoms. The van der Waals surface area contributed by atoms with Crippen LogP contribution in [0.15, 0.2) is 42.6 Å². The average molecular weight is 281 g/mol. The Balaban J connectivity index is 2.17. The fourth-order valence-electron chi connectivity index (χ4n) is 2.29. The smallest absolute Gasteiger partial charge is 0.128 e. The van der Waals surface area contributed by atoms with Gasteiger partial charge in [-0.15, -0.1) is 0 Å². The van der Waals surface area contributed by atoms with Crippen LogP contribution in [0, 0.1) is 6.92 Å². The van der Waals surface area contributed by atoms with E-state index in [0.717, 1.165) is 17.0 Å². The van der Waals surface area contributed by atoms with Gasteiger partial charge in [0.15, 0.2) is 0 Å². The van der Waals surface area contributed by atoms with E-state index in [4.69, 9.17) is 4.74 Å². The summed E-state index contributed by atoms with van der Waals surface area (Å²) < 4.78 is 5.11. The molecule has 0 amide bonds. The lowest BCUT2D eigenvalue weighted by Gasteiger charge is -2.07. The molecule has 21 heavy (non-hydrogen) atoms. The fourth-order valence-corrected chi connectivity index (χ4v) is 2.29. The molecule has 2 aromatic heterocycles. The summed E-state index contributed by atoms with van der Waals surface area (Å²) in [5.74, 6) is 0.723. The first-order valence-electron chi connectivity index (χ1n) is 6.54. The molecule has 0 aliphatic rings. The van der Waals surface area contributed by atoms with Crippen molar-refractivity contribution in [1.29, 1.82) is 0 Å². The van der Waals surface area contributed by atoms with Crippen molar-refractivity contribution < 1.29 is 9.84 Å². The number of phenolic OH excluding ortho intramolecular Hbond substituents is 1. The molecule has 106 valence electrons. The van der Waals surface area contributed by atoms with Gasteiger partial charge in [0.2, 0.25) is 0 Å². The number of H-pyrrole nitrogens is 1. The number of phenols is 1. The van der Waals surface area contributed by atoms with Gasteiger partial charge in [-0.1, -0.05) is 6.07 Å². The summed E-state index contributed by atoms with van der Waals surface area (Å²) in [6.07, 6.45) is 1.74. The molecule has 0 aliphatic heterocycles. The largest absolute Gasteiger partial charge is 0.507 e. The number of pyridine rings is 1. The molecule has 0 saturated carbocycles. The third kappa shape index (κ3) is 2.33. The van der Waals surface area contributed by atoms with Gasteiger partial charge in [0.1, 0.15) is 17.2 Å². The molecule has 2 N–H and O–H groups in total. The molecule has 0 aliphatic carbocycles. The minimum atomic E-state index is 0.123. The van der Waals surface area contributed by atoms with E-state index in [0.29, 0.717) is 17.0 Å². The number of aromatic amines is 1. The Bertz CT molecular complexity index is 766. The molecule has 5 heteroatoms. The first-order chi connectivity index (χ1) is 10.2. The topological polar surface area (TPSA) is 71.0 Å². The monoisotopic (exact) mass is 281 g/mol. The fraction of sp³-hybridized carbons (Fsp3) is 0.125. The van der Waals surface area contributed by atoms with Crippen molar-refractivity contribution in [3.05, 3.63) is 48.3 Å². The van der Waals surface area contributed by atoms with Crippen LogP contribution in [0.3, 0.4) is 0 Å². The highest BCUT2D eigenvalue weighted by Crippen LogP contribution is 2.37. The van der Waals surface area contributed by atoms with E-state index in [-0.39, 0.29) is 5.75 Å². The first-order valence-corrected chi connectivity index (χ1v) is 6.54. The predicted molar refractivity (Wildman–Crippen MR) is 80.2 cm³/mol. The quantitative estimate of drug-likeness (QED) is 0.773. The Labute approximate surface area is 122 Å². The zero-order chi connectivity index (χ0) is 14.8. The number of hydrogen-bond donors (Lipinski definition) is 2. The minimum absolute atomic E-state index is 0.123. The molecule has 0 radical (unpaired) electrons. The van der Waals surface area contributed by atoms with Crippen molar-refractivity contribution in [2.24, 2.45) is 0 Å². The number of benzene rings is 1. The number of aromatic nitrogens is 3. The molecule has 0 unspecified atom stereocenters. The maximum absolute atomic E-state index is 10.2. The van der Waals surface area contributed by atoms with Crippen LogP contribution in [0.4, 0.5) is 0 Å². The van der Waals surface area contributed by atoms with Crippen LogP contribution in [0.1, 0.15) is 5.69 Å². The highest BCUT2D eigenvalue weighted by atomic mass is 16.5. The first kappa shape index (κ1) is 13.2. The van der Waals surface area contributed by atoms with Gasteiger partial charge in [0.05, 0.1) is 12.8 Å². The molecular formula is C16H15N3O2. The van der Waals surface area contributed by atoms with Crippen molar-refractivity contribution in [2.75, 3.05) is 7.11 Å². The number of hydrogen-bond acceptors (Lipinski definition) is 4. The van der Waals surface area contributed by atoms with E-state index in [1.54, 1.807) is 31.5 Å². The maximum atomic E-state index is 10.2. The predicted octanol–water partition coefficient (Wildman–Crippen LogP) is 3.16. The summed E-state index contributed by atoms with van der Waals surface area (Å²) in [4.78, 5) is 4.37. The van der Waals surface area contributed by atoms with Crippen molar-refractivity contribution >= 4 is 0 Å². The van der Waals surface area contributed by atoms with E-state index in [1.807, 2.05) is 25.1 Å². The van der Waals surface area contributed by atoms with Crippen LogP contribution in [0.5, 0.6) is 11.5 Å². The Morgan fingerprint density at radius 3 is 2.71 bits per heavy atom. The van der Waals surface area contributed by atoms with Crippen molar-refractivity contribution in [2.45, 2.75) is 6.92 Å². The standard InChI is InChI=1S/C16H15N3O2/c1-10-15(13-5-3-4-8-17-13)16(19-18-10)12-7-6-11(21-2)9-14(12)20/h3-9,20H,1-2H3,(H,18,19). The van der Waals surface area contributed by atoms with Crippen molar-refractivity contribution in [3.63, 3.8) is 0 Å². The second-order valence-corrected chi connectivity index (χ2v) is 4.67. The van der Waals surface area contributed by atoms with Crippen LogP contribution in [-0.2, 0) is 0 Å². The minimum Gasteiger partial charge on any atom is -0.507 e. The number of aromatic hydroxyl groups is 1. The molecule has 0 spiro atoms. The summed E-state index contributed by atoms with van der Waals surface area (Å²) >= 11 is 0. The molecule has 5 nitrogen and oxygen atoms in total. The molecule has 3 rings (SSSR count). The molecule has 1 aromatic carbocycles. The lowest BCUT2D eigenvalue weighted by Crippen LogP contribution is -1.88. The summed E-state index contributed by atoms with van der Waals surface area (Å²) in [5.41, 5.74) is 3.91. The van der Waals surface area contributed by atoms with Gasteiger partial charge in [0.25, 0.3) is 0 Å². The van der Waals surface area contributed by atoms with Crippen LogP contribution in [0.2, 0.25) is 0 Å². The summed E-state index contributed by atoms with van der Waals surface area (Å²) in [7, 11) is 1.56. The van der Waals surface area contributed by atoms with E-state index < -0.39 is 0 Å².